The van der Waals surface area contributed by atoms with Crippen LogP contribution in [0.15, 0.2) is 76.7 Å². The molecule has 5 rings (SSSR count). The summed E-state index contributed by atoms with van der Waals surface area (Å²) in [6, 6.07) is 15.1. The maximum atomic E-state index is 13.3. The number of benzene rings is 2. The lowest BCUT2D eigenvalue weighted by Gasteiger charge is -2.14. The Balaban J connectivity index is 1.43. The van der Waals surface area contributed by atoms with Crippen LogP contribution in [0.25, 0.3) is 11.3 Å². The van der Waals surface area contributed by atoms with Crippen molar-refractivity contribution in [2.45, 2.75) is 6.04 Å². The van der Waals surface area contributed by atoms with Crippen LogP contribution in [-0.2, 0) is 4.79 Å². The molecule has 2 aromatic carbocycles. The normalized spacial score (nSPS) is 15.5. The van der Waals surface area contributed by atoms with E-state index in [2.05, 4.69) is 25.9 Å². The van der Waals surface area contributed by atoms with Crippen molar-refractivity contribution in [3.05, 3.63) is 82.7 Å². The zero-order chi connectivity index (χ0) is 22.8. The number of carboxylic acid groups (broad SMARTS) is 1. The maximum absolute atomic E-state index is 13.3. The molecule has 1 aliphatic heterocycles. The quantitative estimate of drug-likeness (QED) is 0.348. The molecule has 0 aliphatic carbocycles. The van der Waals surface area contributed by atoms with Crippen LogP contribution in [0.2, 0.25) is 0 Å². The highest BCUT2D eigenvalue weighted by atomic mass is 32.1. The van der Waals surface area contributed by atoms with Gasteiger partial charge in [0.05, 0.1) is 17.0 Å². The van der Waals surface area contributed by atoms with Crippen molar-refractivity contribution >= 4 is 50.5 Å². The standard InChI is InChI=1S/C22H16N6O3S2/c29-19-18(25-26-21-23-10-11-32-21)17(14-4-2-1-3-5-14)27-28(19)22-24-16(12-33-22)13-6-8-15(9-7-13)20(30)31/h1-12,18,25H,(H,23,26)(H,30,31). The SMILES string of the molecule is O=C(O)c1ccc(-c2csc(N3N=C(c4ccccc4)C(NNc4nccs4)C3=O)n2)cc1. The third-order valence-electron chi connectivity index (χ3n) is 4.86. The molecule has 0 spiro atoms. The summed E-state index contributed by atoms with van der Waals surface area (Å²) in [4.78, 5) is 33.1. The minimum absolute atomic E-state index is 0.197. The van der Waals surface area contributed by atoms with Gasteiger partial charge in [-0.15, -0.1) is 22.7 Å². The van der Waals surface area contributed by atoms with Crippen molar-refractivity contribution in [1.29, 1.82) is 0 Å². The van der Waals surface area contributed by atoms with Crippen molar-refractivity contribution in [1.82, 2.24) is 15.4 Å². The second-order valence-corrected chi connectivity index (χ2v) is 8.67. The third-order valence-corrected chi connectivity index (χ3v) is 6.37. The highest BCUT2D eigenvalue weighted by Crippen LogP contribution is 2.31. The van der Waals surface area contributed by atoms with Gasteiger partial charge in [-0.1, -0.05) is 42.5 Å². The predicted molar refractivity (Wildman–Crippen MR) is 128 cm³/mol. The Hall–Kier alpha value is -3.93. The highest BCUT2D eigenvalue weighted by Gasteiger charge is 2.39. The summed E-state index contributed by atoms with van der Waals surface area (Å²) in [6.07, 6.45) is 1.67. The van der Waals surface area contributed by atoms with Gasteiger partial charge < -0.3 is 5.11 Å². The number of hydrazine groups is 1. The Morgan fingerprint density at radius 3 is 2.52 bits per heavy atom. The van der Waals surface area contributed by atoms with E-state index in [1.54, 1.807) is 18.3 Å². The first kappa shape index (κ1) is 20.9. The van der Waals surface area contributed by atoms with Crippen molar-refractivity contribution in [2.75, 3.05) is 10.4 Å². The van der Waals surface area contributed by atoms with Crippen molar-refractivity contribution in [3.8, 4) is 11.3 Å². The van der Waals surface area contributed by atoms with E-state index in [1.807, 2.05) is 41.1 Å². The van der Waals surface area contributed by atoms with Gasteiger partial charge in [-0.25, -0.2) is 20.2 Å². The minimum atomic E-state index is -0.990. The van der Waals surface area contributed by atoms with E-state index >= 15 is 0 Å². The molecule has 11 heteroatoms. The Morgan fingerprint density at radius 2 is 1.82 bits per heavy atom. The first-order valence-corrected chi connectivity index (χ1v) is 11.5. The van der Waals surface area contributed by atoms with Gasteiger partial charge in [-0.3, -0.25) is 10.2 Å². The molecule has 1 atom stereocenters. The van der Waals surface area contributed by atoms with Crippen LogP contribution < -0.4 is 15.9 Å². The summed E-state index contributed by atoms with van der Waals surface area (Å²) < 4.78 is 0. The molecule has 1 unspecified atom stereocenters. The molecule has 0 radical (unpaired) electrons. The molecule has 0 bridgehead atoms. The summed E-state index contributed by atoms with van der Waals surface area (Å²) in [5.41, 5.74) is 8.97. The zero-order valence-corrected chi connectivity index (χ0v) is 18.5. The van der Waals surface area contributed by atoms with E-state index in [4.69, 9.17) is 5.11 Å². The molecule has 0 saturated carbocycles. The fourth-order valence-electron chi connectivity index (χ4n) is 3.25. The first-order chi connectivity index (χ1) is 16.1. The summed E-state index contributed by atoms with van der Waals surface area (Å²) in [5, 5.41) is 19.7. The number of thiazole rings is 2. The monoisotopic (exact) mass is 476 g/mol. The Bertz CT molecular complexity index is 1320. The lowest BCUT2D eigenvalue weighted by molar-refractivity contribution is -0.118. The number of amides is 1. The number of aromatic carboxylic acids is 1. The van der Waals surface area contributed by atoms with E-state index in [-0.39, 0.29) is 11.5 Å². The van der Waals surface area contributed by atoms with Gasteiger partial charge in [0.1, 0.15) is 0 Å². The fraction of sp³-hybridized carbons (Fsp3) is 0.0455. The number of hydrogen-bond acceptors (Lipinski definition) is 9. The number of nitrogens with one attached hydrogen (secondary N) is 2. The molecule has 1 aliphatic rings. The number of hydrazone groups is 1. The van der Waals surface area contributed by atoms with E-state index in [0.29, 0.717) is 21.7 Å². The average Bonchev–Trinajstić information content (AvgIpc) is 3.59. The number of nitrogens with zero attached hydrogens (tertiary/aromatic N) is 4. The maximum Gasteiger partial charge on any atom is 0.335 e. The molecule has 3 heterocycles. The average molecular weight is 477 g/mol. The van der Waals surface area contributed by atoms with Crippen LogP contribution in [0.3, 0.4) is 0 Å². The molecule has 2 aromatic heterocycles. The van der Waals surface area contributed by atoms with E-state index in [9.17, 15) is 9.59 Å². The molecule has 1 amide bonds. The van der Waals surface area contributed by atoms with Crippen LogP contribution in [0, 0.1) is 0 Å². The Kier molecular flexibility index (Phi) is 5.65. The second-order valence-electron chi connectivity index (χ2n) is 6.94. The molecule has 4 aromatic rings. The summed E-state index contributed by atoms with van der Waals surface area (Å²) in [7, 11) is 0. The largest absolute Gasteiger partial charge is 0.478 e. The van der Waals surface area contributed by atoms with Gasteiger partial charge in [0.2, 0.25) is 5.13 Å². The summed E-state index contributed by atoms with van der Waals surface area (Å²) in [6.45, 7) is 0. The lowest BCUT2D eigenvalue weighted by Crippen LogP contribution is -2.46. The predicted octanol–water partition coefficient (Wildman–Crippen LogP) is 3.70. The molecule has 33 heavy (non-hydrogen) atoms. The van der Waals surface area contributed by atoms with Gasteiger partial charge in [-0.2, -0.15) is 10.1 Å². The van der Waals surface area contributed by atoms with E-state index in [0.717, 1.165) is 11.1 Å². The van der Waals surface area contributed by atoms with Gasteiger partial charge in [-0.05, 0) is 12.1 Å². The van der Waals surface area contributed by atoms with E-state index < -0.39 is 12.0 Å². The van der Waals surface area contributed by atoms with Crippen molar-refractivity contribution in [2.24, 2.45) is 5.10 Å². The molecular weight excluding hydrogens is 460 g/mol. The topological polar surface area (TPSA) is 120 Å². The van der Waals surface area contributed by atoms with Gasteiger partial charge in [0.15, 0.2) is 11.2 Å². The summed E-state index contributed by atoms with van der Waals surface area (Å²) in [5.74, 6) is -1.27. The number of hydrogen-bond donors (Lipinski definition) is 3. The van der Waals surface area contributed by atoms with Crippen LogP contribution in [0.1, 0.15) is 15.9 Å². The number of carbonyl (C=O) groups is 2. The van der Waals surface area contributed by atoms with Crippen LogP contribution >= 0.6 is 22.7 Å². The number of carboxylic acids is 1. The third kappa shape index (κ3) is 4.24. The first-order valence-electron chi connectivity index (χ1n) is 9.78. The second kappa shape index (κ2) is 8.90. The Morgan fingerprint density at radius 1 is 1.03 bits per heavy atom. The van der Waals surface area contributed by atoms with Gasteiger partial charge in [0.25, 0.3) is 5.91 Å². The molecule has 0 saturated heterocycles. The minimum Gasteiger partial charge on any atom is -0.478 e. The van der Waals surface area contributed by atoms with Crippen molar-refractivity contribution < 1.29 is 14.7 Å². The molecule has 9 nitrogen and oxygen atoms in total. The zero-order valence-electron chi connectivity index (χ0n) is 16.9. The van der Waals surface area contributed by atoms with Crippen LogP contribution in [0.5, 0.6) is 0 Å². The van der Waals surface area contributed by atoms with E-state index in [1.165, 1.54) is 39.8 Å². The highest BCUT2D eigenvalue weighted by molar-refractivity contribution is 7.14. The lowest BCUT2D eigenvalue weighted by atomic mass is 10.0. The fourth-order valence-corrected chi connectivity index (χ4v) is 4.53. The number of aromatic nitrogens is 2. The molecule has 0 fully saturated rings. The van der Waals surface area contributed by atoms with Gasteiger partial charge in [0, 0.05) is 28.1 Å². The number of anilines is 2. The number of carbonyl (C=O) groups excluding carboxylic acids is 1. The summed E-state index contributed by atoms with van der Waals surface area (Å²) >= 11 is 2.69. The molecule has 164 valence electrons. The van der Waals surface area contributed by atoms with Crippen molar-refractivity contribution in [3.63, 3.8) is 0 Å². The van der Waals surface area contributed by atoms with Crippen LogP contribution in [0.4, 0.5) is 10.3 Å². The Labute approximate surface area is 196 Å². The van der Waals surface area contributed by atoms with Gasteiger partial charge >= 0.3 is 5.97 Å². The smallest absolute Gasteiger partial charge is 0.335 e. The van der Waals surface area contributed by atoms with Crippen LogP contribution in [-0.4, -0.2) is 38.7 Å². The molecule has 3 N–H and O–H groups in total. The number of rotatable bonds is 7. The molecular formula is C22H16N6O3S2.